The summed E-state index contributed by atoms with van der Waals surface area (Å²) < 4.78 is 6.63. The molecule has 0 aromatic carbocycles. The van der Waals surface area contributed by atoms with Crippen LogP contribution >= 0.6 is 0 Å². The van der Waals surface area contributed by atoms with Crippen molar-refractivity contribution in [2.45, 2.75) is 24.9 Å². The first-order chi connectivity index (χ1) is 13.2. The van der Waals surface area contributed by atoms with E-state index in [4.69, 9.17) is 4.74 Å². The van der Waals surface area contributed by atoms with Gasteiger partial charge >= 0.3 is 5.97 Å². The monoisotopic (exact) mass is 374 g/mol. The highest BCUT2D eigenvalue weighted by atomic mass is 16.5. The Hall–Kier alpha value is -2.59. The number of amides is 1. The minimum Gasteiger partial charge on any atom is -0.478 e. The third-order valence-electron chi connectivity index (χ3n) is 5.25. The number of carbonyl (C=O) groups excluding carboxylic acids is 1. The fourth-order valence-electron chi connectivity index (χ4n) is 3.89. The quantitative estimate of drug-likeness (QED) is 0.739. The minimum absolute atomic E-state index is 0.318. The van der Waals surface area contributed by atoms with E-state index < -0.39 is 17.5 Å². The third kappa shape index (κ3) is 2.85. The molecule has 0 saturated carbocycles. The summed E-state index contributed by atoms with van der Waals surface area (Å²) in [5, 5.41) is 15.2. The lowest BCUT2D eigenvalue weighted by Gasteiger charge is -2.43. The van der Waals surface area contributed by atoms with Gasteiger partial charge in [-0.25, -0.2) is 19.4 Å². The van der Waals surface area contributed by atoms with E-state index in [-0.39, 0.29) is 0 Å². The molecule has 2 saturated heterocycles. The number of carboxylic acids is 1. The number of nitrogens with zero attached hydrogens (tertiary/aromatic N) is 6. The number of hydrogen-bond acceptors (Lipinski definition) is 7. The van der Waals surface area contributed by atoms with Crippen molar-refractivity contribution in [3.05, 3.63) is 18.7 Å². The fraction of sp³-hybridized carbons (Fsp3) is 0.588. The number of ether oxygens (including phenoxy) is 1. The SMILES string of the molecule is O=C(O)C(C(=O)N1CCCCC1)(N1CCOCC1)n1ncc2cncnc21. The average Bonchev–Trinajstić information content (AvgIpc) is 3.14. The van der Waals surface area contributed by atoms with Crippen molar-refractivity contribution < 1.29 is 19.4 Å². The topological polar surface area (TPSA) is 114 Å². The summed E-state index contributed by atoms with van der Waals surface area (Å²) in [6.45, 7) is 2.45. The number of aliphatic carboxylic acids is 1. The lowest BCUT2D eigenvalue weighted by Crippen LogP contribution is -2.67. The zero-order valence-corrected chi connectivity index (χ0v) is 15.0. The number of aromatic nitrogens is 4. The van der Waals surface area contributed by atoms with Crippen molar-refractivity contribution in [2.75, 3.05) is 39.4 Å². The molecule has 10 heteroatoms. The number of hydrogen-bond donors (Lipinski definition) is 1. The van der Waals surface area contributed by atoms with Crippen LogP contribution in [0.15, 0.2) is 18.7 Å². The van der Waals surface area contributed by atoms with E-state index >= 15 is 0 Å². The highest BCUT2D eigenvalue weighted by Crippen LogP contribution is 2.30. The number of rotatable bonds is 4. The first-order valence-corrected chi connectivity index (χ1v) is 9.15. The molecule has 0 radical (unpaired) electrons. The average molecular weight is 374 g/mol. The Morgan fingerprint density at radius 1 is 1.07 bits per heavy atom. The number of carbonyl (C=O) groups is 2. The van der Waals surface area contributed by atoms with Crippen LogP contribution in [0.2, 0.25) is 0 Å². The van der Waals surface area contributed by atoms with Crippen molar-refractivity contribution in [3.63, 3.8) is 0 Å². The van der Waals surface area contributed by atoms with Gasteiger partial charge in [-0.15, -0.1) is 0 Å². The number of piperidine rings is 1. The summed E-state index contributed by atoms with van der Waals surface area (Å²) in [5.41, 5.74) is -1.67. The third-order valence-corrected chi connectivity index (χ3v) is 5.25. The van der Waals surface area contributed by atoms with E-state index in [1.165, 1.54) is 17.2 Å². The van der Waals surface area contributed by atoms with Crippen LogP contribution in [0.4, 0.5) is 0 Å². The van der Waals surface area contributed by atoms with Crippen molar-refractivity contribution in [1.29, 1.82) is 0 Å². The van der Waals surface area contributed by atoms with E-state index in [0.29, 0.717) is 50.4 Å². The molecule has 0 aliphatic carbocycles. The molecule has 0 bridgehead atoms. The van der Waals surface area contributed by atoms with Crippen LogP contribution in [-0.2, 0) is 20.0 Å². The van der Waals surface area contributed by atoms with Gasteiger partial charge in [0.2, 0.25) is 0 Å². The highest BCUT2D eigenvalue weighted by molar-refractivity contribution is 6.04. The smallest absolute Gasteiger partial charge is 0.357 e. The number of morpholine rings is 1. The lowest BCUT2D eigenvalue weighted by molar-refractivity contribution is -0.179. The summed E-state index contributed by atoms with van der Waals surface area (Å²) in [7, 11) is 0. The van der Waals surface area contributed by atoms with Gasteiger partial charge in [0.05, 0.1) is 24.8 Å². The van der Waals surface area contributed by atoms with Crippen LogP contribution in [0.25, 0.3) is 11.0 Å². The molecule has 10 nitrogen and oxygen atoms in total. The maximum atomic E-state index is 13.7. The molecule has 1 atom stereocenters. The molecular formula is C17H22N6O4. The van der Waals surface area contributed by atoms with Crippen LogP contribution in [0.1, 0.15) is 19.3 Å². The van der Waals surface area contributed by atoms with Crippen LogP contribution < -0.4 is 0 Å². The molecular weight excluding hydrogens is 352 g/mol. The molecule has 1 amide bonds. The molecule has 144 valence electrons. The molecule has 27 heavy (non-hydrogen) atoms. The lowest BCUT2D eigenvalue weighted by atomic mass is 10.0. The van der Waals surface area contributed by atoms with Crippen molar-refractivity contribution in [3.8, 4) is 0 Å². The van der Waals surface area contributed by atoms with Crippen molar-refractivity contribution in [1.82, 2.24) is 29.5 Å². The molecule has 4 heterocycles. The van der Waals surface area contributed by atoms with Crippen LogP contribution in [0, 0.1) is 0 Å². The summed E-state index contributed by atoms with van der Waals surface area (Å²) in [6, 6.07) is 0. The highest BCUT2D eigenvalue weighted by Gasteiger charge is 2.57. The molecule has 2 aliphatic rings. The van der Waals surface area contributed by atoms with Gasteiger partial charge in [-0.2, -0.15) is 5.10 Å². The van der Waals surface area contributed by atoms with Crippen LogP contribution in [-0.4, -0.2) is 85.9 Å². The number of carboxylic acid groups (broad SMARTS) is 1. The molecule has 2 aromatic rings. The molecule has 2 aliphatic heterocycles. The summed E-state index contributed by atoms with van der Waals surface area (Å²) in [4.78, 5) is 37.8. The first-order valence-electron chi connectivity index (χ1n) is 9.15. The van der Waals surface area contributed by atoms with E-state index in [1.807, 2.05) is 0 Å². The predicted octanol–water partition coefficient (Wildman–Crippen LogP) is -0.0916. The zero-order valence-electron chi connectivity index (χ0n) is 15.0. The second-order valence-electron chi connectivity index (χ2n) is 6.79. The van der Waals surface area contributed by atoms with Crippen LogP contribution in [0.3, 0.4) is 0 Å². The predicted molar refractivity (Wildman–Crippen MR) is 93.8 cm³/mol. The van der Waals surface area contributed by atoms with E-state index in [1.54, 1.807) is 16.0 Å². The molecule has 1 unspecified atom stereocenters. The number of fused-ring (bicyclic) bond motifs is 1. The second kappa shape index (κ2) is 7.20. The number of likely N-dealkylation sites (tertiary alicyclic amines) is 1. The van der Waals surface area contributed by atoms with Gasteiger partial charge in [-0.3, -0.25) is 9.69 Å². The Morgan fingerprint density at radius 2 is 1.81 bits per heavy atom. The van der Waals surface area contributed by atoms with E-state index in [9.17, 15) is 14.7 Å². The zero-order chi connectivity index (χ0) is 18.9. The van der Waals surface area contributed by atoms with Gasteiger partial charge in [-0.05, 0) is 19.3 Å². The maximum Gasteiger partial charge on any atom is 0.357 e. The Bertz CT molecular complexity index is 843. The molecule has 2 aromatic heterocycles. The molecule has 0 spiro atoms. The van der Waals surface area contributed by atoms with E-state index in [0.717, 1.165) is 19.3 Å². The van der Waals surface area contributed by atoms with Crippen molar-refractivity contribution in [2.24, 2.45) is 0 Å². The molecule has 1 N–H and O–H groups in total. The molecule has 2 fully saturated rings. The van der Waals surface area contributed by atoms with Gasteiger partial charge in [-0.1, -0.05) is 0 Å². The van der Waals surface area contributed by atoms with Gasteiger partial charge in [0.15, 0.2) is 5.65 Å². The largest absolute Gasteiger partial charge is 0.478 e. The Morgan fingerprint density at radius 3 is 2.52 bits per heavy atom. The van der Waals surface area contributed by atoms with Gasteiger partial charge in [0.1, 0.15) is 6.33 Å². The summed E-state index contributed by atoms with van der Waals surface area (Å²) in [6.07, 6.45) is 7.16. The van der Waals surface area contributed by atoms with Crippen LogP contribution in [0.5, 0.6) is 0 Å². The fourth-order valence-corrected chi connectivity index (χ4v) is 3.89. The van der Waals surface area contributed by atoms with Gasteiger partial charge < -0.3 is 14.7 Å². The first kappa shape index (κ1) is 17.8. The second-order valence-corrected chi connectivity index (χ2v) is 6.79. The Kier molecular flexibility index (Phi) is 4.75. The normalized spacial score (nSPS) is 21.1. The summed E-state index contributed by atoms with van der Waals surface area (Å²) in [5.74, 6) is -1.73. The van der Waals surface area contributed by atoms with E-state index in [2.05, 4.69) is 15.1 Å². The van der Waals surface area contributed by atoms with Gasteiger partial charge in [0.25, 0.3) is 11.6 Å². The Balaban J connectivity index is 1.89. The Labute approximate surface area is 155 Å². The maximum absolute atomic E-state index is 13.7. The minimum atomic E-state index is -1.99. The van der Waals surface area contributed by atoms with Crippen molar-refractivity contribution >= 4 is 22.9 Å². The summed E-state index contributed by atoms with van der Waals surface area (Å²) >= 11 is 0. The van der Waals surface area contributed by atoms with Gasteiger partial charge in [0, 0.05) is 32.4 Å². The molecule has 4 rings (SSSR count). The standard InChI is InChI=1S/C17H22N6O4/c24-15(21-4-2-1-3-5-21)17(16(25)26,22-6-8-27-9-7-22)23-14-13(11-20-23)10-18-12-19-14/h10-12H,1-9H2,(H,25,26).